The van der Waals surface area contributed by atoms with E-state index < -0.39 is 0 Å². The van der Waals surface area contributed by atoms with Crippen LogP contribution < -0.4 is 0 Å². The second kappa shape index (κ2) is 6.67. The monoisotopic (exact) mass is 392 g/mol. The SMILES string of the molecule is [Y].[c-]1nc2ccccc2cc1-c1[c-]ccc2cc3ccccc3cc12. The third-order valence-electron chi connectivity index (χ3n) is 4.48. The molecule has 0 aliphatic carbocycles. The minimum atomic E-state index is 0. The van der Waals surface area contributed by atoms with Crippen molar-refractivity contribution in [3.8, 4) is 11.1 Å². The van der Waals surface area contributed by atoms with Crippen LogP contribution in [0.5, 0.6) is 0 Å². The summed E-state index contributed by atoms with van der Waals surface area (Å²) in [5.41, 5.74) is 3.00. The van der Waals surface area contributed by atoms with Crippen molar-refractivity contribution in [2.45, 2.75) is 0 Å². The predicted octanol–water partition coefficient (Wildman–Crippen LogP) is 5.81. The van der Waals surface area contributed by atoms with Crippen molar-refractivity contribution in [2.24, 2.45) is 0 Å². The number of rotatable bonds is 1. The zero-order chi connectivity index (χ0) is 15.9. The molecule has 1 nitrogen and oxygen atoms in total. The van der Waals surface area contributed by atoms with Gasteiger partial charge in [0.05, 0.1) is 0 Å². The molecule has 0 amide bonds. The first-order chi connectivity index (χ1) is 11.9. The van der Waals surface area contributed by atoms with Gasteiger partial charge in [0.15, 0.2) is 0 Å². The molecule has 0 aliphatic rings. The van der Waals surface area contributed by atoms with Gasteiger partial charge in [-0.05, 0) is 16.3 Å². The summed E-state index contributed by atoms with van der Waals surface area (Å²) in [6.45, 7) is 0. The van der Waals surface area contributed by atoms with Crippen LogP contribution in [-0.2, 0) is 32.7 Å². The van der Waals surface area contributed by atoms with Gasteiger partial charge in [0.1, 0.15) is 0 Å². The van der Waals surface area contributed by atoms with Gasteiger partial charge in [-0.15, -0.1) is 16.8 Å². The van der Waals surface area contributed by atoms with Crippen LogP contribution in [-0.4, -0.2) is 4.98 Å². The Morgan fingerprint density at radius 1 is 0.680 bits per heavy atom. The van der Waals surface area contributed by atoms with E-state index in [9.17, 15) is 0 Å². The number of aromatic nitrogens is 1. The summed E-state index contributed by atoms with van der Waals surface area (Å²) in [7, 11) is 0. The molecule has 0 fully saturated rings. The first-order valence-electron chi connectivity index (χ1n) is 7.99. The van der Waals surface area contributed by atoms with E-state index in [0.717, 1.165) is 22.0 Å². The molecule has 4 aromatic carbocycles. The molecule has 0 saturated heterocycles. The van der Waals surface area contributed by atoms with Gasteiger partial charge in [-0.3, -0.25) is 0 Å². The van der Waals surface area contributed by atoms with Gasteiger partial charge in [-0.25, -0.2) is 11.1 Å². The van der Waals surface area contributed by atoms with Crippen molar-refractivity contribution >= 4 is 32.4 Å². The van der Waals surface area contributed by atoms with Crippen molar-refractivity contribution in [3.05, 3.63) is 91.1 Å². The Morgan fingerprint density at radius 2 is 1.40 bits per heavy atom. The van der Waals surface area contributed by atoms with Crippen LogP contribution >= 0.6 is 0 Å². The second-order valence-electron chi connectivity index (χ2n) is 5.98. The summed E-state index contributed by atoms with van der Waals surface area (Å²) in [5, 5.41) is 6.01. The normalized spacial score (nSPS) is 10.9. The number of para-hydroxylation sites is 1. The summed E-state index contributed by atoms with van der Waals surface area (Å²) >= 11 is 0. The van der Waals surface area contributed by atoms with Crippen LogP contribution in [0, 0.1) is 12.3 Å². The summed E-state index contributed by atoms with van der Waals surface area (Å²) in [5.74, 6) is 0. The minimum Gasteiger partial charge on any atom is -0.362 e. The van der Waals surface area contributed by atoms with Crippen LogP contribution in [0.4, 0.5) is 0 Å². The summed E-state index contributed by atoms with van der Waals surface area (Å²) in [4.78, 5) is 4.48. The average molecular weight is 392 g/mol. The molecule has 0 atom stereocenters. The van der Waals surface area contributed by atoms with Crippen molar-refractivity contribution in [3.63, 3.8) is 0 Å². The number of nitrogens with zero attached hydrogens (tertiary/aromatic N) is 1. The summed E-state index contributed by atoms with van der Waals surface area (Å²) < 4.78 is 0. The van der Waals surface area contributed by atoms with E-state index in [1.807, 2.05) is 24.3 Å². The Bertz CT molecular complexity index is 1210. The fourth-order valence-electron chi connectivity index (χ4n) is 3.28. The third kappa shape index (κ3) is 2.88. The molecular formula is C23H13NY-2. The van der Waals surface area contributed by atoms with Crippen molar-refractivity contribution in [1.82, 2.24) is 4.98 Å². The molecule has 1 radical (unpaired) electrons. The number of hydrogen-bond donors (Lipinski definition) is 0. The van der Waals surface area contributed by atoms with Gasteiger partial charge >= 0.3 is 0 Å². The van der Waals surface area contributed by atoms with Crippen LogP contribution in [0.15, 0.2) is 78.9 Å². The van der Waals surface area contributed by atoms with Crippen LogP contribution in [0.3, 0.4) is 0 Å². The molecule has 1 heterocycles. The Labute approximate surface area is 171 Å². The van der Waals surface area contributed by atoms with E-state index in [2.05, 4.69) is 71.8 Å². The first kappa shape index (κ1) is 16.4. The van der Waals surface area contributed by atoms with Crippen molar-refractivity contribution in [2.75, 3.05) is 0 Å². The number of fused-ring (bicyclic) bond motifs is 3. The van der Waals surface area contributed by atoms with Gasteiger partial charge in [0.25, 0.3) is 0 Å². The zero-order valence-corrected chi connectivity index (χ0v) is 16.4. The molecule has 0 spiro atoms. The molecule has 115 valence electrons. The smallest absolute Gasteiger partial charge is 0 e. The first-order valence-corrected chi connectivity index (χ1v) is 7.99. The Balaban J connectivity index is 0.00000157. The second-order valence-corrected chi connectivity index (χ2v) is 5.98. The van der Waals surface area contributed by atoms with E-state index in [1.54, 1.807) is 0 Å². The average Bonchev–Trinajstić information content (AvgIpc) is 2.65. The molecule has 2 heteroatoms. The summed E-state index contributed by atoms with van der Waals surface area (Å²) in [6, 6.07) is 30.7. The molecule has 0 N–H and O–H groups in total. The van der Waals surface area contributed by atoms with Gasteiger partial charge in [0.2, 0.25) is 0 Å². The molecular weight excluding hydrogens is 379 g/mol. The van der Waals surface area contributed by atoms with Gasteiger partial charge in [-0.1, -0.05) is 72.2 Å². The van der Waals surface area contributed by atoms with E-state index in [-0.39, 0.29) is 32.7 Å². The zero-order valence-electron chi connectivity index (χ0n) is 13.5. The van der Waals surface area contributed by atoms with Gasteiger partial charge in [-0.2, -0.15) is 18.2 Å². The molecule has 0 bridgehead atoms. The topological polar surface area (TPSA) is 12.9 Å². The maximum atomic E-state index is 4.48. The minimum absolute atomic E-state index is 0. The molecule has 1 aromatic heterocycles. The standard InChI is InChI=1S/C23H13N.Y/c1-2-7-17-14-22-18(12-16(17)6-1)9-5-10-21(22)20-13-19-8-3-4-11-23(19)24-15-20;/h1-9,11-14H;/q-2;. The van der Waals surface area contributed by atoms with Crippen molar-refractivity contribution in [1.29, 1.82) is 0 Å². The Morgan fingerprint density at radius 3 is 2.24 bits per heavy atom. The van der Waals surface area contributed by atoms with E-state index in [1.165, 1.54) is 21.5 Å². The molecule has 0 saturated carbocycles. The third-order valence-corrected chi connectivity index (χ3v) is 4.48. The summed E-state index contributed by atoms with van der Waals surface area (Å²) in [6.07, 6.45) is 3.19. The fourth-order valence-corrected chi connectivity index (χ4v) is 3.28. The molecule has 0 unspecified atom stereocenters. The molecule has 0 aliphatic heterocycles. The number of benzene rings is 4. The van der Waals surface area contributed by atoms with Crippen LogP contribution in [0.2, 0.25) is 0 Å². The van der Waals surface area contributed by atoms with E-state index in [4.69, 9.17) is 0 Å². The van der Waals surface area contributed by atoms with Gasteiger partial charge in [0, 0.05) is 32.7 Å². The Kier molecular flexibility index (Phi) is 4.37. The fraction of sp³-hybridized carbons (Fsp3) is 0. The number of hydrogen-bond acceptors (Lipinski definition) is 1. The molecule has 5 aromatic rings. The molecule has 5 rings (SSSR count). The predicted molar refractivity (Wildman–Crippen MR) is 99.9 cm³/mol. The van der Waals surface area contributed by atoms with Crippen LogP contribution in [0.25, 0.3) is 43.6 Å². The van der Waals surface area contributed by atoms with Crippen LogP contribution in [0.1, 0.15) is 0 Å². The molecule has 25 heavy (non-hydrogen) atoms. The maximum absolute atomic E-state index is 4.48. The quantitative estimate of drug-likeness (QED) is 0.259. The van der Waals surface area contributed by atoms with E-state index in [0.29, 0.717) is 0 Å². The Hall–Kier alpha value is -2.09. The number of pyridine rings is 1. The maximum Gasteiger partial charge on any atom is 0 e. The largest absolute Gasteiger partial charge is 0.362 e. The van der Waals surface area contributed by atoms with Crippen molar-refractivity contribution < 1.29 is 32.7 Å². The van der Waals surface area contributed by atoms with Gasteiger partial charge < -0.3 is 4.98 Å². The van der Waals surface area contributed by atoms with E-state index >= 15 is 0 Å².